The van der Waals surface area contributed by atoms with Crippen LogP contribution in [0.2, 0.25) is 0 Å². The summed E-state index contributed by atoms with van der Waals surface area (Å²) in [4.78, 5) is 17.1. The molecule has 2 aromatic carbocycles. The summed E-state index contributed by atoms with van der Waals surface area (Å²) in [6.45, 7) is 4.48. The molecule has 0 bridgehead atoms. The van der Waals surface area contributed by atoms with Gasteiger partial charge >= 0.3 is 6.18 Å². The molecule has 0 saturated carbocycles. The summed E-state index contributed by atoms with van der Waals surface area (Å²) in [7, 11) is 0. The van der Waals surface area contributed by atoms with Gasteiger partial charge in [0.2, 0.25) is 0 Å². The summed E-state index contributed by atoms with van der Waals surface area (Å²) in [5, 5.41) is 0.208. The number of hydrogen-bond donors (Lipinski definition) is 0. The maximum atomic E-state index is 13.0. The number of nitrogens with zero attached hydrogens (tertiary/aromatic N) is 2. The van der Waals surface area contributed by atoms with Gasteiger partial charge in [0.25, 0.3) is 5.56 Å². The molecule has 27 heavy (non-hydrogen) atoms. The van der Waals surface area contributed by atoms with Crippen LogP contribution in [0.15, 0.2) is 41.2 Å². The molecule has 1 aliphatic rings. The second-order valence-electron chi connectivity index (χ2n) is 6.90. The molecule has 1 aromatic heterocycles. The van der Waals surface area contributed by atoms with Gasteiger partial charge in [0, 0.05) is 6.54 Å². The molecule has 0 spiro atoms. The number of hydrogen-bond acceptors (Lipinski definition) is 2. The van der Waals surface area contributed by atoms with Crippen LogP contribution in [0.3, 0.4) is 0 Å². The molecule has 3 nitrogen and oxygen atoms in total. The van der Waals surface area contributed by atoms with Gasteiger partial charge in [-0.05, 0) is 61.2 Å². The minimum atomic E-state index is -4.47. The molecule has 0 radical (unpaired) electrons. The highest BCUT2D eigenvalue weighted by Crippen LogP contribution is 2.32. The lowest BCUT2D eigenvalue weighted by molar-refractivity contribution is -0.137. The van der Waals surface area contributed by atoms with E-state index < -0.39 is 11.7 Å². The minimum absolute atomic E-state index is 0.0786. The van der Waals surface area contributed by atoms with Crippen LogP contribution in [0.4, 0.5) is 13.2 Å². The van der Waals surface area contributed by atoms with E-state index in [0.717, 1.165) is 34.4 Å². The molecule has 3 aromatic rings. The van der Waals surface area contributed by atoms with Crippen molar-refractivity contribution in [3.8, 4) is 0 Å². The maximum Gasteiger partial charge on any atom is 0.416 e. The Morgan fingerprint density at radius 2 is 1.89 bits per heavy atom. The molecule has 138 valence electrons. The summed E-state index contributed by atoms with van der Waals surface area (Å²) < 4.78 is 40.6. The van der Waals surface area contributed by atoms with Crippen molar-refractivity contribution < 1.29 is 13.2 Å². The fourth-order valence-corrected chi connectivity index (χ4v) is 3.43. The minimum Gasteiger partial charge on any atom is -0.292 e. The van der Waals surface area contributed by atoms with Gasteiger partial charge < -0.3 is 0 Å². The van der Waals surface area contributed by atoms with Crippen molar-refractivity contribution in [3.63, 3.8) is 0 Å². The van der Waals surface area contributed by atoms with Gasteiger partial charge in [-0.2, -0.15) is 13.2 Å². The number of fused-ring (bicyclic) bond motifs is 2. The molecule has 0 atom stereocenters. The van der Waals surface area contributed by atoms with E-state index in [-0.39, 0.29) is 16.5 Å². The van der Waals surface area contributed by atoms with Crippen molar-refractivity contribution in [2.45, 2.75) is 33.0 Å². The highest BCUT2D eigenvalue weighted by Gasteiger charge is 2.31. The first-order valence-electron chi connectivity index (χ1n) is 8.64. The third-order valence-corrected chi connectivity index (χ3v) is 4.94. The van der Waals surface area contributed by atoms with Crippen LogP contribution in [0.5, 0.6) is 0 Å². The quantitative estimate of drug-likeness (QED) is 0.606. The fourth-order valence-electron chi connectivity index (χ4n) is 3.43. The molecule has 0 aliphatic carbocycles. The fraction of sp³-hybridized carbons (Fsp3) is 0.238. The Balaban J connectivity index is 1.90. The van der Waals surface area contributed by atoms with Gasteiger partial charge in [-0.15, -0.1) is 0 Å². The van der Waals surface area contributed by atoms with Gasteiger partial charge in [0.15, 0.2) is 0 Å². The van der Waals surface area contributed by atoms with E-state index in [9.17, 15) is 18.0 Å². The van der Waals surface area contributed by atoms with Crippen LogP contribution in [0, 0.1) is 13.8 Å². The topological polar surface area (TPSA) is 34.9 Å². The number of aromatic nitrogens is 2. The standard InChI is InChI=1S/C21H17F3N2O/c1-12-3-4-13(2)15(9-12)10-14-7-8-26-19(14)25-18-11-16(21(22,23)24)5-6-17(18)20(26)27/h3-6,9-11H,7-8H2,1-2H3/b14-10+. The Morgan fingerprint density at radius 1 is 1.11 bits per heavy atom. The summed E-state index contributed by atoms with van der Waals surface area (Å²) in [6.07, 6.45) is -1.87. The predicted octanol–water partition coefficient (Wildman–Crippen LogP) is 4.98. The van der Waals surface area contributed by atoms with E-state index in [0.29, 0.717) is 18.8 Å². The Hall–Kier alpha value is -2.89. The first kappa shape index (κ1) is 17.5. The van der Waals surface area contributed by atoms with E-state index in [4.69, 9.17) is 0 Å². The number of rotatable bonds is 1. The van der Waals surface area contributed by atoms with Crippen molar-refractivity contribution in [2.24, 2.45) is 0 Å². The SMILES string of the molecule is Cc1ccc(C)c(/C=C2\CCn3c2nc2cc(C(F)(F)F)ccc2c3=O)c1. The second-order valence-corrected chi connectivity index (χ2v) is 6.90. The molecule has 4 rings (SSSR count). The summed E-state index contributed by atoms with van der Waals surface area (Å²) in [5.74, 6) is 0.452. The molecule has 0 amide bonds. The molecular formula is C21H17F3N2O. The van der Waals surface area contributed by atoms with Crippen molar-refractivity contribution >= 4 is 22.6 Å². The molecule has 0 fully saturated rings. The summed E-state index contributed by atoms with van der Waals surface area (Å²) >= 11 is 0. The maximum absolute atomic E-state index is 13.0. The van der Waals surface area contributed by atoms with E-state index >= 15 is 0 Å². The molecule has 0 saturated heterocycles. The van der Waals surface area contributed by atoms with Gasteiger partial charge in [-0.3, -0.25) is 9.36 Å². The average molecular weight is 370 g/mol. The third kappa shape index (κ3) is 3.05. The van der Waals surface area contributed by atoms with E-state index in [1.165, 1.54) is 6.07 Å². The lowest BCUT2D eigenvalue weighted by Gasteiger charge is -2.10. The average Bonchev–Trinajstić information content (AvgIpc) is 3.00. The van der Waals surface area contributed by atoms with E-state index in [1.54, 1.807) is 4.57 Å². The zero-order valence-electron chi connectivity index (χ0n) is 14.9. The number of alkyl halides is 3. The van der Waals surface area contributed by atoms with Crippen molar-refractivity contribution in [3.05, 3.63) is 74.8 Å². The largest absolute Gasteiger partial charge is 0.416 e. The number of aryl methyl sites for hydroxylation is 2. The number of allylic oxidation sites excluding steroid dienone is 1. The summed E-state index contributed by atoms with van der Waals surface area (Å²) in [5.41, 5.74) is 3.07. The second kappa shape index (κ2) is 6.08. The van der Waals surface area contributed by atoms with Crippen LogP contribution in [0.1, 0.15) is 34.5 Å². The van der Waals surface area contributed by atoms with Gasteiger partial charge in [0.05, 0.1) is 16.5 Å². The van der Waals surface area contributed by atoms with Gasteiger partial charge in [-0.25, -0.2) is 4.98 Å². The Bertz CT molecular complexity index is 1160. The number of halogens is 3. The molecule has 2 heterocycles. The van der Waals surface area contributed by atoms with Crippen LogP contribution in [-0.4, -0.2) is 9.55 Å². The molecule has 1 aliphatic heterocycles. The zero-order chi connectivity index (χ0) is 19.3. The van der Waals surface area contributed by atoms with Crippen molar-refractivity contribution in [1.82, 2.24) is 9.55 Å². The monoisotopic (exact) mass is 370 g/mol. The van der Waals surface area contributed by atoms with Crippen LogP contribution >= 0.6 is 0 Å². The smallest absolute Gasteiger partial charge is 0.292 e. The van der Waals surface area contributed by atoms with Crippen LogP contribution < -0.4 is 5.56 Å². The lowest BCUT2D eigenvalue weighted by Crippen LogP contribution is -2.21. The molecule has 6 heteroatoms. The summed E-state index contributed by atoms with van der Waals surface area (Å²) in [6, 6.07) is 9.19. The first-order chi connectivity index (χ1) is 12.7. The lowest BCUT2D eigenvalue weighted by atomic mass is 10.0. The third-order valence-electron chi connectivity index (χ3n) is 4.94. The van der Waals surface area contributed by atoms with Crippen LogP contribution in [-0.2, 0) is 12.7 Å². The molecule has 0 unspecified atom stereocenters. The first-order valence-corrected chi connectivity index (χ1v) is 8.64. The normalized spacial score (nSPS) is 15.5. The molecular weight excluding hydrogens is 353 g/mol. The molecule has 0 N–H and O–H groups in total. The van der Waals surface area contributed by atoms with Crippen molar-refractivity contribution in [2.75, 3.05) is 0 Å². The Labute approximate surface area is 153 Å². The van der Waals surface area contributed by atoms with Gasteiger partial charge in [0.1, 0.15) is 5.82 Å². The number of benzene rings is 2. The van der Waals surface area contributed by atoms with Crippen LogP contribution in [0.25, 0.3) is 22.6 Å². The van der Waals surface area contributed by atoms with E-state index in [1.807, 2.05) is 38.1 Å². The Morgan fingerprint density at radius 3 is 2.63 bits per heavy atom. The highest BCUT2D eigenvalue weighted by atomic mass is 19.4. The Kier molecular flexibility index (Phi) is 3.94. The van der Waals surface area contributed by atoms with Gasteiger partial charge in [-0.1, -0.05) is 23.8 Å². The van der Waals surface area contributed by atoms with E-state index in [2.05, 4.69) is 4.98 Å². The zero-order valence-corrected chi connectivity index (χ0v) is 14.9. The predicted molar refractivity (Wildman–Crippen MR) is 99.4 cm³/mol. The van der Waals surface area contributed by atoms with Crippen molar-refractivity contribution in [1.29, 1.82) is 0 Å². The highest BCUT2D eigenvalue weighted by molar-refractivity contribution is 5.85.